The molecule has 1 aliphatic heterocycles. The number of benzene rings is 2. The maximum absolute atomic E-state index is 13.7. The van der Waals surface area contributed by atoms with Gasteiger partial charge >= 0.3 is 24.3 Å². The third-order valence-corrected chi connectivity index (χ3v) is 7.34. The van der Waals surface area contributed by atoms with Crippen molar-refractivity contribution in [3.63, 3.8) is 0 Å². The lowest BCUT2D eigenvalue weighted by atomic mass is 9.97. The number of nitrogens with two attached hydrogens (primary N) is 1. The Kier molecular flexibility index (Phi) is 14.9. The van der Waals surface area contributed by atoms with Gasteiger partial charge in [0.05, 0.1) is 11.9 Å². The summed E-state index contributed by atoms with van der Waals surface area (Å²) in [6.07, 6.45) is -5.01. The number of carbonyl (C=O) groups is 5. The van der Waals surface area contributed by atoms with Gasteiger partial charge in [0.2, 0.25) is 11.8 Å². The second kappa shape index (κ2) is 18.2. The second-order valence-corrected chi connectivity index (χ2v) is 12.2. The highest BCUT2D eigenvalue weighted by Gasteiger charge is 2.39. The van der Waals surface area contributed by atoms with Crippen molar-refractivity contribution in [1.82, 2.24) is 19.8 Å². The van der Waals surface area contributed by atoms with E-state index in [-0.39, 0.29) is 11.7 Å². The molecule has 284 valence electrons. The zero-order chi connectivity index (χ0) is 39.4. The number of nitrogens with zero attached hydrogens (tertiary/aromatic N) is 3. The van der Waals surface area contributed by atoms with E-state index in [0.717, 1.165) is 31.5 Å². The fraction of sp³-hybridized carbons (Fsp3) is 0.394. The quantitative estimate of drug-likeness (QED) is 0.206. The molecule has 2 heterocycles. The van der Waals surface area contributed by atoms with Gasteiger partial charge in [0, 0.05) is 19.3 Å². The van der Waals surface area contributed by atoms with Crippen LogP contribution in [0.2, 0.25) is 0 Å². The number of aliphatic carboxylic acids is 2. The fourth-order valence-electron chi connectivity index (χ4n) is 4.48. The number of alkyl halides is 6. The summed E-state index contributed by atoms with van der Waals surface area (Å²) in [6, 6.07) is 16.9. The molecule has 1 aromatic heterocycles. The van der Waals surface area contributed by atoms with E-state index in [1.165, 1.54) is 0 Å². The van der Waals surface area contributed by atoms with Gasteiger partial charge in [-0.3, -0.25) is 14.4 Å². The summed E-state index contributed by atoms with van der Waals surface area (Å²) in [5.74, 6) is -5.56. The molecule has 3 amide bonds. The van der Waals surface area contributed by atoms with E-state index in [1.54, 1.807) is 55.2 Å². The topological polar surface area (TPSA) is 197 Å². The van der Waals surface area contributed by atoms with Crippen molar-refractivity contribution in [2.24, 2.45) is 11.7 Å². The van der Waals surface area contributed by atoms with Gasteiger partial charge in [-0.25, -0.2) is 14.6 Å². The zero-order valence-electron chi connectivity index (χ0n) is 28.1. The summed E-state index contributed by atoms with van der Waals surface area (Å²) in [5, 5.41) is 19.8. The summed E-state index contributed by atoms with van der Waals surface area (Å²) in [5.41, 5.74) is 6.24. The first-order chi connectivity index (χ1) is 24.0. The molecule has 1 aliphatic rings. The van der Waals surface area contributed by atoms with Crippen LogP contribution in [0.3, 0.4) is 0 Å². The average molecular weight is 745 g/mol. The molecule has 1 unspecified atom stereocenters. The van der Waals surface area contributed by atoms with Crippen molar-refractivity contribution >= 4 is 35.5 Å². The molecule has 1 fully saturated rings. The number of carbonyl (C=O) groups excluding carboxylic acids is 3. The third-order valence-electron chi connectivity index (χ3n) is 7.34. The second-order valence-electron chi connectivity index (χ2n) is 12.2. The maximum atomic E-state index is 13.7. The molecule has 0 saturated carbocycles. The first-order valence-electron chi connectivity index (χ1n) is 15.5. The number of piperidine rings is 1. The van der Waals surface area contributed by atoms with Gasteiger partial charge < -0.3 is 36.0 Å². The van der Waals surface area contributed by atoms with Crippen LogP contribution in [0, 0.1) is 5.92 Å². The highest BCUT2D eigenvalue weighted by molar-refractivity contribution is 5.98. The molecule has 1 saturated heterocycles. The predicted molar refractivity (Wildman–Crippen MR) is 173 cm³/mol. The van der Waals surface area contributed by atoms with E-state index in [4.69, 9.17) is 25.5 Å². The number of rotatable bonds is 8. The maximum Gasteiger partial charge on any atom is 0.490 e. The number of carboxylic acid groups (broad SMARTS) is 2. The summed E-state index contributed by atoms with van der Waals surface area (Å²) in [6.45, 7) is 6.80. The van der Waals surface area contributed by atoms with Crippen LogP contribution in [0.5, 0.6) is 0 Å². The van der Waals surface area contributed by atoms with E-state index < -0.39 is 53.7 Å². The molecule has 2 aromatic carbocycles. The van der Waals surface area contributed by atoms with Gasteiger partial charge in [0.25, 0.3) is 5.91 Å². The first-order valence-corrected chi connectivity index (χ1v) is 15.5. The average Bonchev–Trinajstić information content (AvgIpc) is 3.51. The highest BCUT2D eigenvalue weighted by atomic mass is 19.4. The zero-order valence-corrected chi connectivity index (χ0v) is 28.1. The monoisotopic (exact) mass is 744 g/mol. The van der Waals surface area contributed by atoms with Crippen LogP contribution in [0.4, 0.5) is 32.2 Å². The Morgan fingerprint density at radius 2 is 1.27 bits per heavy atom. The number of amides is 3. The molecule has 19 heteroatoms. The Balaban J connectivity index is 0.000000564. The largest absolute Gasteiger partial charge is 0.490 e. The van der Waals surface area contributed by atoms with Crippen molar-refractivity contribution in [2.45, 2.75) is 63.6 Å². The minimum absolute atomic E-state index is 0.00187. The normalized spacial score (nSPS) is 14.7. The smallest absolute Gasteiger partial charge is 0.475 e. The lowest BCUT2D eigenvalue weighted by Gasteiger charge is -2.33. The highest BCUT2D eigenvalue weighted by Crippen LogP contribution is 2.26. The van der Waals surface area contributed by atoms with Crippen molar-refractivity contribution in [2.75, 3.05) is 18.4 Å². The Bertz CT molecular complexity index is 1630. The minimum Gasteiger partial charge on any atom is -0.475 e. The van der Waals surface area contributed by atoms with Crippen molar-refractivity contribution in [3.05, 3.63) is 84.3 Å². The Hall–Kier alpha value is -5.46. The number of imidazole rings is 1. The lowest BCUT2D eigenvalue weighted by molar-refractivity contribution is -0.193. The van der Waals surface area contributed by atoms with Crippen molar-refractivity contribution < 1.29 is 60.5 Å². The molecular formula is C33H38F6N6O7. The number of hydrogen-bond donors (Lipinski definition) is 5. The van der Waals surface area contributed by atoms with Gasteiger partial charge in [0.1, 0.15) is 12.1 Å². The molecule has 0 spiro atoms. The molecular weight excluding hydrogens is 706 g/mol. The van der Waals surface area contributed by atoms with E-state index in [0.29, 0.717) is 11.5 Å². The van der Waals surface area contributed by atoms with Crippen molar-refractivity contribution in [3.8, 4) is 0 Å². The van der Waals surface area contributed by atoms with Crippen LogP contribution in [0.25, 0.3) is 0 Å². The van der Waals surface area contributed by atoms with E-state index in [9.17, 15) is 40.7 Å². The van der Waals surface area contributed by atoms with Crippen LogP contribution in [-0.4, -0.2) is 85.3 Å². The fourth-order valence-corrected chi connectivity index (χ4v) is 4.48. The van der Waals surface area contributed by atoms with Crippen molar-refractivity contribution in [1.29, 1.82) is 0 Å². The summed E-state index contributed by atoms with van der Waals surface area (Å²) >= 11 is 0. The standard InChI is InChI=1S/C29H36N6O3.2C2HF3O2/c1-20-14-16-34(17-15-20)27(37)25(22-12-8-5-9-13-22)35-18-23(31-19-35)32-26(36)24(21-10-6-4-7-11-21)33-28(38)29(2,3)30;2*3-2(4,5)1(6)7/h4-13,18-20,24-25H,14-17,30H2,1-3H3,(H,32,36)(H,33,38);2*(H,6,7)/t24-,25?;;/m1../s1. The number of nitrogens with one attached hydrogen (secondary N) is 2. The lowest BCUT2D eigenvalue weighted by Crippen LogP contribution is -2.51. The molecule has 2 atom stereocenters. The van der Waals surface area contributed by atoms with Gasteiger partial charge in [0.15, 0.2) is 5.82 Å². The molecule has 0 radical (unpaired) electrons. The third kappa shape index (κ3) is 13.3. The number of hydrogen-bond acceptors (Lipinski definition) is 7. The number of anilines is 1. The predicted octanol–water partition coefficient (Wildman–Crippen LogP) is 4.53. The Morgan fingerprint density at radius 1 is 0.827 bits per heavy atom. The molecule has 3 aromatic rings. The molecule has 0 aliphatic carbocycles. The van der Waals surface area contributed by atoms with Crippen LogP contribution < -0.4 is 16.4 Å². The SMILES string of the molecule is CC1CCN(C(=O)C(c2ccccc2)n2cnc(NC(=O)[C@H](NC(=O)C(C)(C)N)c3ccccc3)c2)CC1.O=C(O)C(F)(F)F.O=C(O)C(F)(F)F. The van der Waals surface area contributed by atoms with Crippen LogP contribution in [-0.2, 0) is 24.0 Å². The number of halogens is 6. The van der Waals surface area contributed by atoms with Gasteiger partial charge in [-0.05, 0) is 43.7 Å². The minimum atomic E-state index is -5.08. The van der Waals surface area contributed by atoms with Crippen LogP contribution in [0.1, 0.15) is 56.8 Å². The van der Waals surface area contributed by atoms with E-state index in [2.05, 4.69) is 22.5 Å². The van der Waals surface area contributed by atoms with Gasteiger partial charge in [-0.15, -0.1) is 0 Å². The molecule has 52 heavy (non-hydrogen) atoms. The molecule has 6 N–H and O–H groups in total. The Labute approximate surface area is 293 Å². The van der Waals surface area contributed by atoms with Gasteiger partial charge in [-0.2, -0.15) is 26.3 Å². The summed E-state index contributed by atoms with van der Waals surface area (Å²) in [4.78, 5) is 63.7. The van der Waals surface area contributed by atoms with Gasteiger partial charge in [-0.1, -0.05) is 67.6 Å². The van der Waals surface area contributed by atoms with E-state index in [1.807, 2.05) is 41.3 Å². The first kappa shape index (κ1) is 42.7. The molecule has 4 rings (SSSR count). The van der Waals surface area contributed by atoms with Crippen LogP contribution >= 0.6 is 0 Å². The number of likely N-dealkylation sites (tertiary alicyclic amines) is 1. The molecule has 13 nitrogen and oxygen atoms in total. The summed E-state index contributed by atoms with van der Waals surface area (Å²) in [7, 11) is 0. The summed E-state index contributed by atoms with van der Waals surface area (Å²) < 4.78 is 65.2. The molecule has 0 bridgehead atoms. The Morgan fingerprint density at radius 3 is 1.69 bits per heavy atom. The van der Waals surface area contributed by atoms with E-state index >= 15 is 0 Å². The number of carboxylic acids is 2. The van der Waals surface area contributed by atoms with Crippen LogP contribution in [0.15, 0.2) is 73.2 Å². The number of aromatic nitrogens is 2.